The first-order valence-corrected chi connectivity index (χ1v) is 11.3. The summed E-state index contributed by atoms with van der Waals surface area (Å²) in [7, 11) is -3.83. The summed E-state index contributed by atoms with van der Waals surface area (Å²) >= 11 is 0. The SMILES string of the molecule is C[C@@H]1CCCCN1C(=O)Cn1cccc(S(=O)(=O)N2CCCCCC2)c1=O. The highest BCUT2D eigenvalue weighted by molar-refractivity contribution is 7.89. The highest BCUT2D eigenvalue weighted by Gasteiger charge is 2.29. The standard InChI is InChI=1S/C19H29N3O4S/c1-16-9-4-7-14-22(16)18(23)15-20-11-8-10-17(19(20)24)27(25,26)21-12-5-2-3-6-13-21/h8,10-11,16H,2-7,9,12-15H2,1H3/t16-/m1/s1. The molecule has 1 aromatic heterocycles. The van der Waals surface area contributed by atoms with E-state index in [1.54, 1.807) is 11.0 Å². The number of hydrogen-bond acceptors (Lipinski definition) is 4. The van der Waals surface area contributed by atoms with E-state index in [0.29, 0.717) is 19.6 Å². The van der Waals surface area contributed by atoms with Crippen LogP contribution in [0.1, 0.15) is 51.9 Å². The van der Waals surface area contributed by atoms with E-state index in [1.165, 1.54) is 21.1 Å². The van der Waals surface area contributed by atoms with Crippen molar-refractivity contribution in [2.45, 2.75) is 69.4 Å². The summed E-state index contributed by atoms with van der Waals surface area (Å²) in [4.78, 5) is 27.0. The molecule has 7 nitrogen and oxygen atoms in total. The van der Waals surface area contributed by atoms with Gasteiger partial charge in [-0.1, -0.05) is 12.8 Å². The molecule has 0 bridgehead atoms. The number of amides is 1. The van der Waals surface area contributed by atoms with Crippen LogP contribution in [-0.4, -0.2) is 53.8 Å². The molecule has 2 saturated heterocycles. The third kappa shape index (κ3) is 4.43. The van der Waals surface area contributed by atoms with Crippen LogP contribution in [0.4, 0.5) is 0 Å². The molecule has 2 fully saturated rings. The zero-order valence-electron chi connectivity index (χ0n) is 16.0. The molecule has 2 aliphatic heterocycles. The van der Waals surface area contributed by atoms with E-state index in [0.717, 1.165) is 44.9 Å². The molecule has 0 aliphatic carbocycles. The number of aromatic nitrogens is 1. The number of nitrogens with zero attached hydrogens (tertiary/aromatic N) is 3. The van der Waals surface area contributed by atoms with Crippen LogP contribution in [0.5, 0.6) is 0 Å². The molecule has 0 saturated carbocycles. The second kappa shape index (κ2) is 8.56. The third-order valence-electron chi connectivity index (χ3n) is 5.60. The maximum atomic E-state index is 13.0. The van der Waals surface area contributed by atoms with Gasteiger partial charge in [0.1, 0.15) is 11.4 Å². The van der Waals surface area contributed by atoms with Gasteiger partial charge in [-0.05, 0) is 51.2 Å². The molecule has 0 spiro atoms. The van der Waals surface area contributed by atoms with Crippen molar-refractivity contribution in [2.24, 2.45) is 0 Å². The van der Waals surface area contributed by atoms with Crippen molar-refractivity contribution in [3.63, 3.8) is 0 Å². The highest BCUT2D eigenvalue weighted by Crippen LogP contribution is 2.19. The summed E-state index contributed by atoms with van der Waals surface area (Å²) in [5.41, 5.74) is -0.611. The quantitative estimate of drug-likeness (QED) is 0.779. The summed E-state index contributed by atoms with van der Waals surface area (Å²) in [6.45, 7) is 3.48. The van der Waals surface area contributed by atoms with Crippen LogP contribution in [-0.2, 0) is 21.4 Å². The Balaban J connectivity index is 1.83. The van der Waals surface area contributed by atoms with Crippen LogP contribution in [0.25, 0.3) is 0 Å². The number of hydrogen-bond donors (Lipinski definition) is 0. The molecule has 27 heavy (non-hydrogen) atoms. The monoisotopic (exact) mass is 395 g/mol. The van der Waals surface area contributed by atoms with Gasteiger partial charge in [-0.3, -0.25) is 9.59 Å². The zero-order chi connectivity index (χ0) is 19.4. The first-order valence-electron chi connectivity index (χ1n) is 9.90. The van der Waals surface area contributed by atoms with Crippen LogP contribution in [0, 0.1) is 0 Å². The van der Waals surface area contributed by atoms with Crippen LogP contribution < -0.4 is 5.56 Å². The Morgan fingerprint density at radius 2 is 1.74 bits per heavy atom. The number of sulfonamides is 1. The summed E-state index contributed by atoms with van der Waals surface area (Å²) < 4.78 is 28.6. The minimum atomic E-state index is -3.83. The molecule has 0 N–H and O–H groups in total. The van der Waals surface area contributed by atoms with E-state index < -0.39 is 15.6 Å². The predicted molar refractivity (Wildman–Crippen MR) is 103 cm³/mol. The van der Waals surface area contributed by atoms with Gasteiger partial charge in [0.05, 0.1) is 0 Å². The van der Waals surface area contributed by atoms with Crippen molar-refractivity contribution in [2.75, 3.05) is 19.6 Å². The van der Waals surface area contributed by atoms with E-state index in [2.05, 4.69) is 0 Å². The topological polar surface area (TPSA) is 79.7 Å². The minimum absolute atomic E-state index is 0.119. The van der Waals surface area contributed by atoms with Crippen molar-refractivity contribution in [1.29, 1.82) is 0 Å². The van der Waals surface area contributed by atoms with Crippen molar-refractivity contribution in [3.8, 4) is 0 Å². The first-order chi connectivity index (χ1) is 12.9. The molecule has 8 heteroatoms. The summed E-state index contributed by atoms with van der Waals surface area (Å²) in [6.07, 6.45) is 8.17. The summed E-state index contributed by atoms with van der Waals surface area (Å²) in [5.74, 6) is -0.131. The fourth-order valence-electron chi connectivity index (χ4n) is 3.96. The summed E-state index contributed by atoms with van der Waals surface area (Å²) in [6, 6.07) is 3.05. The van der Waals surface area contributed by atoms with Gasteiger partial charge in [0, 0.05) is 31.9 Å². The van der Waals surface area contributed by atoms with Gasteiger partial charge in [0.15, 0.2) is 0 Å². The van der Waals surface area contributed by atoms with Gasteiger partial charge in [0.25, 0.3) is 5.56 Å². The van der Waals surface area contributed by atoms with Crippen LogP contribution in [0.15, 0.2) is 28.0 Å². The molecule has 0 unspecified atom stereocenters. The molecule has 3 rings (SSSR count). The molecule has 1 amide bonds. The predicted octanol–water partition coefficient (Wildman–Crippen LogP) is 1.81. The Morgan fingerprint density at radius 1 is 1.07 bits per heavy atom. The van der Waals surface area contributed by atoms with E-state index in [-0.39, 0.29) is 23.4 Å². The lowest BCUT2D eigenvalue weighted by atomic mass is 10.0. The Hall–Kier alpha value is -1.67. The Morgan fingerprint density at radius 3 is 2.41 bits per heavy atom. The van der Waals surface area contributed by atoms with E-state index in [1.807, 2.05) is 6.92 Å². The molecule has 0 radical (unpaired) electrons. The number of pyridine rings is 1. The fourth-order valence-corrected chi connectivity index (χ4v) is 5.57. The van der Waals surface area contributed by atoms with Gasteiger partial charge < -0.3 is 9.47 Å². The molecular weight excluding hydrogens is 366 g/mol. The third-order valence-corrected chi connectivity index (χ3v) is 7.51. The van der Waals surface area contributed by atoms with Crippen molar-refractivity contribution < 1.29 is 13.2 Å². The lowest BCUT2D eigenvalue weighted by molar-refractivity contribution is -0.135. The second-order valence-corrected chi connectivity index (χ2v) is 9.46. The fraction of sp³-hybridized carbons (Fsp3) is 0.684. The second-order valence-electron chi connectivity index (χ2n) is 7.56. The van der Waals surface area contributed by atoms with E-state index in [4.69, 9.17) is 0 Å². The Bertz CT molecular complexity index is 826. The lowest BCUT2D eigenvalue weighted by Crippen LogP contribution is -2.45. The smallest absolute Gasteiger partial charge is 0.271 e. The lowest BCUT2D eigenvalue weighted by Gasteiger charge is -2.33. The van der Waals surface area contributed by atoms with Gasteiger partial charge in [0.2, 0.25) is 15.9 Å². The van der Waals surface area contributed by atoms with Gasteiger partial charge >= 0.3 is 0 Å². The normalized spacial score (nSPS) is 22.4. The van der Waals surface area contributed by atoms with E-state index >= 15 is 0 Å². The van der Waals surface area contributed by atoms with Crippen LogP contribution in [0.2, 0.25) is 0 Å². The maximum absolute atomic E-state index is 13.0. The number of likely N-dealkylation sites (tertiary alicyclic amines) is 1. The Kier molecular flexibility index (Phi) is 6.37. The number of piperidine rings is 1. The molecule has 0 aromatic carbocycles. The van der Waals surface area contributed by atoms with Crippen LogP contribution in [0.3, 0.4) is 0 Å². The van der Waals surface area contributed by atoms with Gasteiger partial charge in [-0.2, -0.15) is 4.31 Å². The number of carbonyl (C=O) groups excluding carboxylic acids is 1. The number of carbonyl (C=O) groups is 1. The minimum Gasteiger partial charge on any atom is -0.338 e. The molecule has 150 valence electrons. The van der Waals surface area contributed by atoms with Gasteiger partial charge in [-0.25, -0.2) is 8.42 Å². The Labute approximate surface area is 161 Å². The van der Waals surface area contributed by atoms with E-state index in [9.17, 15) is 18.0 Å². The molecular formula is C19H29N3O4S. The van der Waals surface area contributed by atoms with Crippen molar-refractivity contribution in [3.05, 3.63) is 28.7 Å². The first kappa shape index (κ1) is 20.1. The highest BCUT2D eigenvalue weighted by atomic mass is 32.2. The zero-order valence-corrected chi connectivity index (χ0v) is 16.8. The molecule has 3 heterocycles. The average molecular weight is 396 g/mol. The largest absolute Gasteiger partial charge is 0.338 e. The average Bonchev–Trinajstić information content (AvgIpc) is 2.93. The van der Waals surface area contributed by atoms with Crippen LogP contribution >= 0.6 is 0 Å². The molecule has 1 atom stereocenters. The van der Waals surface area contributed by atoms with Crippen molar-refractivity contribution >= 4 is 15.9 Å². The van der Waals surface area contributed by atoms with Gasteiger partial charge in [-0.15, -0.1) is 0 Å². The summed E-state index contributed by atoms with van der Waals surface area (Å²) in [5, 5.41) is 0. The molecule has 2 aliphatic rings. The number of rotatable bonds is 4. The maximum Gasteiger partial charge on any atom is 0.271 e. The molecule has 1 aromatic rings. The van der Waals surface area contributed by atoms with Crippen molar-refractivity contribution in [1.82, 2.24) is 13.8 Å².